The van der Waals surface area contributed by atoms with Gasteiger partial charge in [0.1, 0.15) is 0 Å². The van der Waals surface area contributed by atoms with Crippen molar-refractivity contribution in [1.29, 1.82) is 0 Å². The minimum Gasteiger partial charge on any atom is -0.404 e. The van der Waals surface area contributed by atoms with Gasteiger partial charge < -0.3 is 5.73 Å². The minimum atomic E-state index is 0.858. The monoisotopic (exact) mass is 367 g/mol. The highest BCUT2D eigenvalue weighted by atomic mass is 15.1. The zero-order valence-corrected chi connectivity index (χ0v) is 15.5. The van der Waals surface area contributed by atoms with Crippen molar-refractivity contribution in [3.05, 3.63) is 71.7 Å². The Morgan fingerprint density at radius 3 is 2.68 bits per heavy atom. The van der Waals surface area contributed by atoms with Crippen molar-refractivity contribution >= 4 is 39.3 Å². The van der Waals surface area contributed by atoms with Crippen LogP contribution in [0.2, 0.25) is 0 Å². The molecule has 0 bridgehead atoms. The van der Waals surface area contributed by atoms with E-state index in [-0.39, 0.29) is 0 Å². The summed E-state index contributed by atoms with van der Waals surface area (Å²) in [6.07, 6.45) is 9.78. The molecule has 0 saturated carbocycles. The third kappa shape index (κ3) is 2.76. The third-order valence-corrected chi connectivity index (χ3v) is 5.45. The van der Waals surface area contributed by atoms with Crippen molar-refractivity contribution in [3.8, 4) is 0 Å². The van der Waals surface area contributed by atoms with E-state index in [0.717, 1.165) is 46.2 Å². The lowest BCUT2D eigenvalue weighted by Crippen LogP contribution is -2.10. The molecule has 2 heterocycles. The minimum absolute atomic E-state index is 0.858. The van der Waals surface area contributed by atoms with E-state index in [9.17, 15) is 0 Å². The van der Waals surface area contributed by atoms with Crippen molar-refractivity contribution in [2.75, 3.05) is 0 Å². The van der Waals surface area contributed by atoms with Crippen LogP contribution in [0, 0.1) is 0 Å². The summed E-state index contributed by atoms with van der Waals surface area (Å²) in [6, 6.07) is 14.0. The molecule has 0 saturated heterocycles. The number of nitrogens with two attached hydrogens (primary N) is 1. The van der Waals surface area contributed by atoms with Gasteiger partial charge in [0, 0.05) is 28.8 Å². The van der Waals surface area contributed by atoms with Crippen LogP contribution >= 0.6 is 0 Å². The van der Waals surface area contributed by atoms with E-state index in [1.165, 1.54) is 29.4 Å². The largest absolute Gasteiger partial charge is 0.404 e. The number of fused-ring (bicyclic) bond motifs is 5. The summed E-state index contributed by atoms with van der Waals surface area (Å²) < 4.78 is 0. The van der Waals surface area contributed by atoms with Gasteiger partial charge in [-0.1, -0.05) is 18.2 Å². The zero-order chi connectivity index (χ0) is 18.9. The highest BCUT2D eigenvalue weighted by molar-refractivity contribution is 6.13. The number of hydrogen-bond donors (Lipinski definition) is 2. The third-order valence-electron chi connectivity index (χ3n) is 5.45. The van der Waals surface area contributed by atoms with Crippen LogP contribution in [0.25, 0.3) is 27.4 Å². The van der Waals surface area contributed by atoms with Crippen molar-refractivity contribution in [1.82, 2.24) is 15.2 Å². The van der Waals surface area contributed by atoms with Crippen LogP contribution in [-0.4, -0.2) is 21.4 Å². The maximum absolute atomic E-state index is 6.01. The number of rotatable bonds is 3. The Hall–Kier alpha value is -3.47. The molecule has 5 rings (SSSR count). The summed E-state index contributed by atoms with van der Waals surface area (Å²) >= 11 is 0. The summed E-state index contributed by atoms with van der Waals surface area (Å²) in [5, 5.41) is 9.67. The lowest BCUT2D eigenvalue weighted by Gasteiger charge is -2.21. The molecule has 1 aliphatic carbocycles. The Morgan fingerprint density at radius 1 is 1.04 bits per heavy atom. The van der Waals surface area contributed by atoms with Gasteiger partial charge in [-0.3, -0.25) is 10.1 Å². The second kappa shape index (κ2) is 6.93. The van der Waals surface area contributed by atoms with Gasteiger partial charge in [-0.15, -0.1) is 0 Å². The van der Waals surface area contributed by atoms with Crippen molar-refractivity contribution < 1.29 is 0 Å². The van der Waals surface area contributed by atoms with E-state index in [4.69, 9.17) is 10.7 Å². The fourth-order valence-corrected chi connectivity index (χ4v) is 4.13. The van der Waals surface area contributed by atoms with Crippen molar-refractivity contribution in [2.45, 2.75) is 25.7 Å². The van der Waals surface area contributed by atoms with Crippen LogP contribution in [0.3, 0.4) is 0 Å². The predicted molar refractivity (Wildman–Crippen MR) is 115 cm³/mol. The SMILES string of the molecule is NC=C(C=Nc1ccccc1)c1nc2ccc3[nH]ncc3c2c2c1CCCC2. The first-order chi connectivity index (χ1) is 13.8. The summed E-state index contributed by atoms with van der Waals surface area (Å²) in [4.78, 5) is 9.62. The van der Waals surface area contributed by atoms with Gasteiger partial charge in [0.15, 0.2) is 0 Å². The van der Waals surface area contributed by atoms with E-state index >= 15 is 0 Å². The number of aromatic nitrogens is 3. The van der Waals surface area contributed by atoms with Gasteiger partial charge in [-0.05, 0) is 61.1 Å². The van der Waals surface area contributed by atoms with Crippen LogP contribution in [0.15, 0.2) is 59.9 Å². The molecule has 0 radical (unpaired) electrons. The second-order valence-corrected chi connectivity index (χ2v) is 7.13. The average molecular weight is 367 g/mol. The van der Waals surface area contributed by atoms with Gasteiger partial charge in [-0.25, -0.2) is 4.98 Å². The molecule has 0 unspecified atom stereocenters. The first kappa shape index (κ1) is 16.7. The van der Waals surface area contributed by atoms with E-state index in [1.54, 1.807) is 6.20 Å². The standard InChI is InChI=1S/C23H21N5/c24-12-15(13-25-16-6-2-1-3-7-16)23-18-9-5-4-8-17(18)22-19-14-26-28-20(19)10-11-21(22)27-23/h1-3,6-7,10-14H,4-5,8-9,24H2,(H,26,28). The first-order valence-corrected chi connectivity index (χ1v) is 9.64. The number of nitrogens with zero attached hydrogens (tertiary/aromatic N) is 3. The average Bonchev–Trinajstić information content (AvgIpc) is 3.23. The molecule has 2 aromatic carbocycles. The number of pyridine rings is 1. The normalized spacial score (nSPS) is 14.8. The van der Waals surface area contributed by atoms with E-state index in [1.807, 2.05) is 48.8 Å². The molecule has 0 spiro atoms. The number of hydrogen-bond acceptors (Lipinski definition) is 4. The van der Waals surface area contributed by atoms with Crippen molar-refractivity contribution in [2.24, 2.45) is 10.7 Å². The number of nitrogens with one attached hydrogen (secondary N) is 1. The van der Waals surface area contributed by atoms with Crippen LogP contribution in [0.5, 0.6) is 0 Å². The van der Waals surface area contributed by atoms with Crippen LogP contribution in [-0.2, 0) is 12.8 Å². The number of aliphatic imine (C=N–C) groups is 1. The van der Waals surface area contributed by atoms with Crippen LogP contribution in [0.1, 0.15) is 29.7 Å². The van der Waals surface area contributed by atoms with Gasteiger partial charge in [0.25, 0.3) is 0 Å². The number of aryl methyl sites for hydroxylation is 1. The molecule has 138 valence electrons. The molecule has 28 heavy (non-hydrogen) atoms. The fraction of sp³-hybridized carbons (Fsp3) is 0.174. The molecule has 3 N–H and O–H groups in total. The highest BCUT2D eigenvalue weighted by Gasteiger charge is 2.21. The predicted octanol–water partition coefficient (Wildman–Crippen LogP) is 4.69. The number of benzene rings is 2. The quantitative estimate of drug-likeness (QED) is 0.515. The summed E-state index contributed by atoms with van der Waals surface area (Å²) in [5.41, 5.74) is 13.4. The Labute approximate surface area is 163 Å². The fourth-order valence-electron chi connectivity index (χ4n) is 4.13. The van der Waals surface area contributed by atoms with Crippen LogP contribution < -0.4 is 5.73 Å². The molecule has 5 nitrogen and oxygen atoms in total. The molecule has 2 aromatic heterocycles. The molecular formula is C23H21N5. The van der Waals surface area contributed by atoms with E-state index < -0.39 is 0 Å². The Bertz CT molecular complexity index is 1220. The lowest BCUT2D eigenvalue weighted by atomic mass is 9.85. The highest BCUT2D eigenvalue weighted by Crippen LogP contribution is 2.36. The lowest BCUT2D eigenvalue weighted by molar-refractivity contribution is 0.686. The maximum atomic E-state index is 6.01. The summed E-state index contributed by atoms with van der Waals surface area (Å²) in [7, 11) is 0. The number of allylic oxidation sites excluding steroid dienone is 1. The summed E-state index contributed by atoms with van der Waals surface area (Å²) in [6.45, 7) is 0. The van der Waals surface area contributed by atoms with E-state index in [0.29, 0.717) is 0 Å². The molecule has 0 aliphatic heterocycles. The number of aromatic amines is 1. The van der Waals surface area contributed by atoms with Gasteiger partial charge in [0.05, 0.1) is 28.6 Å². The number of para-hydroxylation sites is 1. The molecule has 4 aromatic rings. The number of H-pyrrole nitrogens is 1. The van der Waals surface area contributed by atoms with Crippen molar-refractivity contribution in [3.63, 3.8) is 0 Å². The van der Waals surface area contributed by atoms with Gasteiger partial charge in [-0.2, -0.15) is 5.10 Å². The molecule has 5 heteroatoms. The van der Waals surface area contributed by atoms with Gasteiger partial charge >= 0.3 is 0 Å². The van der Waals surface area contributed by atoms with Gasteiger partial charge in [0.2, 0.25) is 0 Å². The molecule has 0 amide bonds. The Kier molecular flexibility index (Phi) is 4.13. The van der Waals surface area contributed by atoms with E-state index in [2.05, 4.69) is 21.3 Å². The first-order valence-electron chi connectivity index (χ1n) is 9.64. The maximum Gasteiger partial charge on any atom is 0.0774 e. The summed E-state index contributed by atoms with van der Waals surface area (Å²) in [5.74, 6) is 0. The van der Waals surface area contributed by atoms with Crippen LogP contribution in [0.4, 0.5) is 5.69 Å². The zero-order valence-electron chi connectivity index (χ0n) is 15.5. The molecule has 0 fully saturated rings. The molecule has 0 atom stereocenters. The Morgan fingerprint density at radius 2 is 1.86 bits per heavy atom. The topological polar surface area (TPSA) is 80.0 Å². The molecular weight excluding hydrogens is 346 g/mol. The molecule has 1 aliphatic rings. The smallest absolute Gasteiger partial charge is 0.0774 e. The second-order valence-electron chi connectivity index (χ2n) is 7.13. The Balaban J connectivity index is 1.70.